The van der Waals surface area contributed by atoms with Crippen molar-refractivity contribution in [3.8, 4) is 0 Å². The third-order valence-electron chi connectivity index (χ3n) is 11.2. The second kappa shape index (κ2) is 9.59. The Morgan fingerprint density at radius 3 is 2.41 bits per heavy atom. The summed E-state index contributed by atoms with van der Waals surface area (Å²) >= 11 is 0. The van der Waals surface area contributed by atoms with E-state index in [0.717, 1.165) is 55.3 Å². The topological polar surface area (TPSA) is 46.5 Å². The number of fused-ring (bicyclic) bond motifs is 5. The summed E-state index contributed by atoms with van der Waals surface area (Å²) in [6.07, 6.45) is 14.0. The van der Waals surface area contributed by atoms with Crippen LogP contribution in [-0.2, 0) is 9.53 Å². The zero-order chi connectivity index (χ0) is 23.1. The van der Waals surface area contributed by atoms with Gasteiger partial charge in [-0.25, -0.2) is 0 Å². The molecule has 0 heterocycles. The van der Waals surface area contributed by atoms with Crippen molar-refractivity contribution in [3.05, 3.63) is 0 Å². The predicted molar refractivity (Wildman–Crippen MR) is 130 cm³/mol. The van der Waals surface area contributed by atoms with Gasteiger partial charge in [-0.1, -0.05) is 34.6 Å². The first-order valence-corrected chi connectivity index (χ1v) is 14.0. The van der Waals surface area contributed by atoms with Crippen LogP contribution in [0, 0.1) is 52.3 Å². The van der Waals surface area contributed by atoms with Crippen molar-refractivity contribution in [3.63, 3.8) is 0 Å². The number of hydrogen-bond donors (Lipinski definition) is 1. The third-order valence-corrected chi connectivity index (χ3v) is 11.2. The molecule has 4 saturated carbocycles. The van der Waals surface area contributed by atoms with E-state index in [4.69, 9.17) is 4.74 Å². The van der Waals surface area contributed by atoms with Gasteiger partial charge in [-0.2, -0.15) is 0 Å². The molecule has 0 bridgehead atoms. The van der Waals surface area contributed by atoms with Crippen molar-refractivity contribution in [2.24, 2.45) is 52.3 Å². The maximum Gasteiger partial charge on any atom is 0.305 e. The van der Waals surface area contributed by atoms with Crippen LogP contribution < -0.4 is 0 Å². The number of hydrogen-bond acceptors (Lipinski definition) is 3. The van der Waals surface area contributed by atoms with Crippen LogP contribution in [0.25, 0.3) is 0 Å². The van der Waals surface area contributed by atoms with Gasteiger partial charge in [0.2, 0.25) is 0 Å². The summed E-state index contributed by atoms with van der Waals surface area (Å²) in [4.78, 5) is 12.2. The third kappa shape index (κ3) is 4.53. The highest BCUT2D eigenvalue weighted by atomic mass is 16.5. The van der Waals surface area contributed by atoms with E-state index >= 15 is 0 Å². The minimum Gasteiger partial charge on any atom is -0.466 e. The molecular weight excluding hydrogens is 396 g/mol. The fourth-order valence-corrected chi connectivity index (χ4v) is 9.24. The summed E-state index contributed by atoms with van der Waals surface area (Å²) in [7, 11) is 0. The van der Waals surface area contributed by atoms with E-state index in [2.05, 4.69) is 34.6 Å². The fraction of sp³-hybridized carbons (Fsp3) is 0.966. The van der Waals surface area contributed by atoms with Gasteiger partial charge in [0.1, 0.15) is 0 Å². The average molecular weight is 447 g/mol. The van der Waals surface area contributed by atoms with Crippen LogP contribution in [0.1, 0.15) is 112 Å². The summed E-state index contributed by atoms with van der Waals surface area (Å²) in [6.45, 7) is 12.5. The Balaban J connectivity index is 1.36. The molecule has 3 nitrogen and oxygen atoms in total. The molecule has 0 aliphatic heterocycles. The van der Waals surface area contributed by atoms with Crippen molar-refractivity contribution in [2.45, 2.75) is 118 Å². The van der Waals surface area contributed by atoms with Gasteiger partial charge in [0, 0.05) is 6.42 Å². The molecule has 0 aromatic rings. The van der Waals surface area contributed by atoms with Gasteiger partial charge in [0.25, 0.3) is 0 Å². The summed E-state index contributed by atoms with van der Waals surface area (Å²) < 4.78 is 5.48. The number of aliphatic hydroxyl groups excluding tert-OH is 1. The van der Waals surface area contributed by atoms with E-state index in [9.17, 15) is 9.90 Å². The Kier molecular flexibility index (Phi) is 7.36. The van der Waals surface area contributed by atoms with Crippen LogP contribution in [0.5, 0.6) is 0 Å². The molecule has 0 unspecified atom stereocenters. The number of carbonyl (C=O) groups is 1. The first kappa shape index (κ1) is 24.6. The Morgan fingerprint density at radius 2 is 1.66 bits per heavy atom. The first-order valence-electron chi connectivity index (χ1n) is 14.0. The zero-order valence-corrected chi connectivity index (χ0v) is 21.6. The lowest BCUT2D eigenvalue weighted by Gasteiger charge is -2.61. The van der Waals surface area contributed by atoms with Crippen molar-refractivity contribution < 1.29 is 14.6 Å². The quantitative estimate of drug-likeness (QED) is 0.428. The second-order valence-electron chi connectivity index (χ2n) is 13.2. The van der Waals surface area contributed by atoms with Crippen molar-refractivity contribution in [1.29, 1.82) is 0 Å². The van der Waals surface area contributed by atoms with Gasteiger partial charge in [-0.3, -0.25) is 4.79 Å². The first-order chi connectivity index (χ1) is 15.1. The van der Waals surface area contributed by atoms with E-state index in [-0.39, 0.29) is 12.1 Å². The van der Waals surface area contributed by atoms with Crippen LogP contribution in [0.15, 0.2) is 0 Å². The van der Waals surface area contributed by atoms with Gasteiger partial charge in [0.15, 0.2) is 0 Å². The predicted octanol–water partition coefficient (Wildman–Crippen LogP) is 7.01. The van der Waals surface area contributed by atoms with Crippen LogP contribution in [0.3, 0.4) is 0 Å². The molecular formula is C29H50O3. The SMILES string of the molecule is CC(C)CCOC(=O)CC[C@H](C)[C@H]1CC[C@H]2[C@@H]3CC[C@@H]4C[C@H](O)CC[C@]4(C)[C@H]3CC[C@]12C. The number of carbonyl (C=O) groups excluding carboxylic acids is 1. The highest BCUT2D eigenvalue weighted by Crippen LogP contribution is 2.68. The minimum absolute atomic E-state index is 0.00615. The van der Waals surface area contributed by atoms with E-state index in [0.29, 0.717) is 35.7 Å². The molecule has 4 rings (SSSR count). The highest BCUT2D eigenvalue weighted by molar-refractivity contribution is 5.69. The number of ether oxygens (including phenoxy) is 1. The lowest BCUT2D eigenvalue weighted by molar-refractivity contribution is -0.144. The highest BCUT2D eigenvalue weighted by Gasteiger charge is 2.60. The van der Waals surface area contributed by atoms with Crippen molar-refractivity contribution in [2.75, 3.05) is 6.61 Å². The van der Waals surface area contributed by atoms with E-state index in [1.165, 1.54) is 44.9 Å². The lowest BCUT2D eigenvalue weighted by atomic mass is 9.44. The fourth-order valence-electron chi connectivity index (χ4n) is 9.24. The molecule has 0 amide bonds. The summed E-state index contributed by atoms with van der Waals surface area (Å²) in [5.41, 5.74) is 0.923. The zero-order valence-electron chi connectivity index (χ0n) is 21.6. The Bertz CT molecular complexity index is 659. The molecule has 4 aliphatic rings. The Morgan fingerprint density at radius 1 is 0.938 bits per heavy atom. The maximum absolute atomic E-state index is 12.2. The van der Waals surface area contributed by atoms with Crippen molar-refractivity contribution >= 4 is 5.97 Å². The summed E-state index contributed by atoms with van der Waals surface area (Å²) in [5, 5.41) is 10.3. The molecule has 4 aliphatic carbocycles. The molecule has 0 aromatic heterocycles. The largest absolute Gasteiger partial charge is 0.466 e. The monoisotopic (exact) mass is 446 g/mol. The van der Waals surface area contributed by atoms with Gasteiger partial charge in [-0.05, 0) is 123 Å². The van der Waals surface area contributed by atoms with E-state index in [1.807, 2.05) is 0 Å². The average Bonchev–Trinajstić information content (AvgIpc) is 3.09. The molecule has 0 radical (unpaired) electrons. The standard InChI is InChI=1S/C29H50O3/c1-19(2)14-17-32-27(31)11-6-20(3)24-9-10-25-23-8-7-21-18-22(30)12-15-28(21,4)26(23)13-16-29(24,25)5/h19-26,30H,6-18H2,1-5H3/t20-,21+,22+,23-,24+,25-,26-,28-,29+/m0/s1. The van der Waals surface area contributed by atoms with E-state index in [1.54, 1.807) is 0 Å². The molecule has 184 valence electrons. The molecule has 0 spiro atoms. The Hall–Kier alpha value is -0.570. The van der Waals surface area contributed by atoms with Gasteiger partial charge in [-0.15, -0.1) is 0 Å². The summed E-state index contributed by atoms with van der Waals surface area (Å²) in [6, 6.07) is 0. The number of aliphatic hydroxyl groups is 1. The Labute approximate surface area is 197 Å². The minimum atomic E-state index is -0.0488. The van der Waals surface area contributed by atoms with Crippen LogP contribution >= 0.6 is 0 Å². The maximum atomic E-state index is 12.2. The number of esters is 1. The molecule has 4 fully saturated rings. The van der Waals surface area contributed by atoms with Crippen LogP contribution in [0.4, 0.5) is 0 Å². The molecule has 1 N–H and O–H groups in total. The summed E-state index contributed by atoms with van der Waals surface area (Å²) in [5.74, 6) is 5.34. The van der Waals surface area contributed by atoms with Gasteiger partial charge < -0.3 is 9.84 Å². The van der Waals surface area contributed by atoms with E-state index < -0.39 is 0 Å². The van der Waals surface area contributed by atoms with Crippen LogP contribution in [-0.4, -0.2) is 23.8 Å². The molecule has 32 heavy (non-hydrogen) atoms. The smallest absolute Gasteiger partial charge is 0.305 e. The van der Waals surface area contributed by atoms with Gasteiger partial charge in [0.05, 0.1) is 12.7 Å². The van der Waals surface area contributed by atoms with Crippen molar-refractivity contribution in [1.82, 2.24) is 0 Å². The lowest BCUT2D eigenvalue weighted by Crippen LogP contribution is -2.54. The molecule has 3 heteroatoms. The van der Waals surface area contributed by atoms with Gasteiger partial charge >= 0.3 is 5.97 Å². The second-order valence-corrected chi connectivity index (χ2v) is 13.2. The normalized spacial score (nSPS) is 44.5. The number of rotatable bonds is 7. The molecule has 0 saturated heterocycles. The van der Waals surface area contributed by atoms with Crippen LogP contribution in [0.2, 0.25) is 0 Å². The molecule has 9 atom stereocenters. The molecule has 0 aromatic carbocycles.